The van der Waals surface area contributed by atoms with Crippen molar-refractivity contribution in [3.8, 4) is 0 Å². The molecule has 0 bridgehead atoms. The molecule has 0 aromatic carbocycles. The molecule has 1 saturated heterocycles. The highest BCUT2D eigenvalue weighted by Crippen LogP contribution is 2.20. The molecule has 1 aliphatic rings. The van der Waals surface area contributed by atoms with Crippen LogP contribution in [0.2, 0.25) is 0 Å². The number of nitrogens with zero attached hydrogens (tertiary/aromatic N) is 1. The lowest BCUT2D eigenvalue weighted by Gasteiger charge is -2.29. The Morgan fingerprint density at radius 1 is 0.939 bits per heavy atom. The number of nitrogens with two attached hydrogens (primary N) is 3. The van der Waals surface area contributed by atoms with Gasteiger partial charge in [0, 0.05) is 13.0 Å². The summed E-state index contributed by atoms with van der Waals surface area (Å²) >= 11 is 0. The van der Waals surface area contributed by atoms with E-state index >= 15 is 0 Å². The first-order valence-corrected chi connectivity index (χ1v) is 10.0. The number of amides is 5. The van der Waals surface area contributed by atoms with Gasteiger partial charge in [0.2, 0.25) is 29.5 Å². The number of carboxylic acids is 2. The molecule has 0 spiro atoms. The topological polar surface area (TPSA) is 265 Å². The SMILES string of the molecule is NC(=O)CC(N)C(=O)NC(CCC(=O)O)C(=O)N1CCCC1C(=O)NC(CC(N)=O)C(=O)O. The van der Waals surface area contributed by atoms with Gasteiger partial charge in [-0.15, -0.1) is 0 Å². The van der Waals surface area contributed by atoms with Crippen LogP contribution in [0.5, 0.6) is 0 Å². The summed E-state index contributed by atoms with van der Waals surface area (Å²) in [6.07, 6.45) is -1.44. The Morgan fingerprint density at radius 3 is 2.06 bits per heavy atom. The van der Waals surface area contributed by atoms with E-state index in [0.29, 0.717) is 6.42 Å². The number of hydrogen-bond acceptors (Lipinski definition) is 8. The monoisotopic (exact) mass is 472 g/mol. The Bertz CT molecular complexity index is 817. The predicted octanol–water partition coefficient (Wildman–Crippen LogP) is -4.03. The molecule has 0 aromatic heterocycles. The summed E-state index contributed by atoms with van der Waals surface area (Å²) in [6, 6.07) is -5.45. The number of likely N-dealkylation sites (tertiary alicyclic amines) is 1. The van der Waals surface area contributed by atoms with Gasteiger partial charge in [-0.2, -0.15) is 0 Å². The zero-order valence-corrected chi connectivity index (χ0v) is 17.7. The number of carbonyl (C=O) groups is 7. The number of carbonyl (C=O) groups excluding carboxylic acids is 5. The third-order valence-electron chi connectivity index (χ3n) is 4.88. The van der Waals surface area contributed by atoms with E-state index in [-0.39, 0.29) is 19.4 Å². The number of rotatable bonds is 13. The zero-order valence-electron chi connectivity index (χ0n) is 17.7. The minimum atomic E-state index is -1.60. The van der Waals surface area contributed by atoms with E-state index in [4.69, 9.17) is 27.4 Å². The first-order chi connectivity index (χ1) is 15.3. The first-order valence-electron chi connectivity index (χ1n) is 10.0. The van der Waals surface area contributed by atoms with Gasteiger partial charge in [0.15, 0.2) is 0 Å². The molecule has 1 aliphatic heterocycles. The van der Waals surface area contributed by atoms with Crippen molar-refractivity contribution in [2.75, 3.05) is 6.54 Å². The van der Waals surface area contributed by atoms with Crippen LogP contribution >= 0.6 is 0 Å². The smallest absolute Gasteiger partial charge is 0.326 e. The molecular weight excluding hydrogens is 444 g/mol. The molecule has 1 rings (SSSR count). The molecule has 4 atom stereocenters. The largest absolute Gasteiger partial charge is 0.481 e. The van der Waals surface area contributed by atoms with Gasteiger partial charge in [-0.1, -0.05) is 0 Å². The van der Waals surface area contributed by atoms with E-state index < -0.39 is 84.9 Å². The molecule has 33 heavy (non-hydrogen) atoms. The highest BCUT2D eigenvalue weighted by atomic mass is 16.4. The Balaban J connectivity index is 2.99. The maximum atomic E-state index is 13.1. The van der Waals surface area contributed by atoms with Crippen LogP contribution in [-0.2, 0) is 33.6 Å². The Labute approximate surface area is 188 Å². The van der Waals surface area contributed by atoms with Crippen LogP contribution in [0.25, 0.3) is 0 Å². The second-order valence-corrected chi connectivity index (χ2v) is 7.53. The fourth-order valence-electron chi connectivity index (χ4n) is 3.29. The molecule has 0 aliphatic carbocycles. The van der Waals surface area contributed by atoms with Crippen molar-refractivity contribution < 1.29 is 43.8 Å². The molecule has 15 nitrogen and oxygen atoms in total. The minimum absolute atomic E-state index is 0.0806. The Hall–Kier alpha value is -3.75. The summed E-state index contributed by atoms with van der Waals surface area (Å²) in [6.45, 7) is 0.0806. The summed E-state index contributed by atoms with van der Waals surface area (Å²) in [5.41, 5.74) is 15.5. The van der Waals surface area contributed by atoms with Gasteiger partial charge in [0.25, 0.3) is 0 Å². The van der Waals surface area contributed by atoms with Gasteiger partial charge in [-0.3, -0.25) is 28.8 Å². The van der Waals surface area contributed by atoms with Gasteiger partial charge >= 0.3 is 11.9 Å². The van der Waals surface area contributed by atoms with E-state index in [9.17, 15) is 33.6 Å². The van der Waals surface area contributed by atoms with Crippen molar-refractivity contribution in [1.82, 2.24) is 15.5 Å². The van der Waals surface area contributed by atoms with Crippen molar-refractivity contribution in [3.63, 3.8) is 0 Å². The lowest BCUT2D eigenvalue weighted by atomic mass is 10.1. The fourth-order valence-corrected chi connectivity index (χ4v) is 3.29. The van der Waals surface area contributed by atoms with Crippen LogP contribution in [0.4, 0.5) is 0 Å². The number of aliphatic carboxylic acids is 2. The summed E-state index contributed by atoms with van der Waals surface area (Å²) in [5.74, 6) is -7.08. The van der Waals surface area contributed by atoms with Crippen molar-refractivity contribution in [2.24, 2.45) is 17.2 Å². The normalized spacial score (nSPS) is 18.0. The lowest BCUT2D eigenvalue weighted by Crippen LogP contribution is -2.57. The summed E-state index contributed by atoms with van der Waals surface area (Å²) in [5, 5.41) is 22.6. The molecule has 1 heterocycles. The van der Waals surface area contributed by atoms with Crippen LogP contribution in [0.15, 0.2) is 0 Å². The molecule has 5 amide bonds. The number of nitrogens with one attached hydrogen (secondary N) is 2. The van der Waals surface area contributed by atoms with Crippen LogP contribution in [0.3, 0.4) is 0 Å². The molecule has 15 heteroatoms. The van der Waals surface area contributed by atoms with Gasteiger partial charge in [-0.25, -0.2) is 4.79 Å². The zero-order chi connectivity index (χ0) is 25.3. The van der Waals surface area contributed by atoms with Crippen LogP contribution < -0.4 is 27.8 Å². The van der Waals surface area contributed by atoms with Crippen LogP contribution in [0.1, 0.15) is 38.5 Å². The average molecular weight is 472 g/mol. The average Bonchev–Trinajstić information content (AvgIpc) is 3.18. The van der Waals surface area contributed by atoms with Crippen LogP contribution in [0, 0.1) is 0 Å². The highest BCUT2D eigenvalue weighted by molar-refractivity contribution is 5.96. The lowest BCUT2D eigenvalue weighted by molar-refractivity contribution is -0.146. The molecule has 0 radical (unpaired) electrons. The van der Waals surface area contributed by atoms with Crippen molar-refractivity contribution in [2.45, 2.75) is 62.7 Å². The molecule has 0 saturated carbocycles. The second kappa shape index (κ2) is 12.3. The van der Waals surface area contributed by atoms with Crippen LogP contribution in [-0.4, -0.2) is 87.3 Å². The standard InChI is InChI=1S/C18H28N6O9/c19-8(6-12(20)25)15(29)22-9(3-4-14(27)28)17(31)24-5-1-2-11(24)16(30)23-10(18(32)33)7-13(21)26/h8-11H,1-7,19H2,(H2,20,25)(H2,21,26)(H,22,29)(H,23,30)(H,27,28)(H,32,33). The maximum absolute atomic E-state index is 13.1. The minimum Gasteiger partial charge on any atom is -0.481 e. The van der Waals surface area contributed by atoms with Crippen molar-refractivity contribution >= 4 is 41.5 Å². The highest BCUT2D eigenvalue weighted by Gasteiger charge is 2.39. The number of primary amides is 2. The maximum Gasteiger partial charge on any atom is 0.326 e. The Morgan fingerprint density at radius 2 is 1.55 bits per heavy atom. The second-order valence-electron chi connectivity index (χ2n) is 7.53. The van der Waals surface area contributed by atoms with Gasteiger partial charge in [-0.05, 0) is 19.3 Å². The number of carboxylic acid groups (broad SMARTS) is 2. The quantitative estimate of drug-likeness (QED) is 0.136. The van der Waals surface area contributed by atoms with Gasteiger partial charge in [0.1, 0.15) is 18.1 Å². The van der Waals surface area contributed by atoms with E-state index in [2.05, 4.69) is 10.6 Å². The summed E-state index contributed by atoms with van der Waals surface area (Å²) < 4.78 is 0. The number of hydrogen-bond donors (Lipinski definition) is 7. The molecule has 10 N–H and O–H groups in total. The van der Waals surface area contributed by atoms with E-state index in [1.54, 1.807) is 0 Å². The van der Waals surface area contributed by atoms with E-state index in [0.717, 1.165) is 4.90 Å². The van der Waals surface area contributed by atoms with Crippen molar-refractivity contribution in [1.29, 1.82) is 0 Å². The summed E-state index contributed by atoms with van der Waals surface area (Å²) in [7, 11) is 0. The van der Waals surface area contributed by atoms with E-state index in [1.165, 1.54) is 0 Å². The third-order valence-corrected chi connectivity index (χ3v) is 4.88. The molecule has 184 valence electrons. The Kier molecular flexibility index (Phi) is 10.2. The van der Waals surface area contributed by atoms with Crippen molar-refractivity contribution in [3.05, 3.63) is 0 Å². The summed E-state index contributed by atoms with van der Waals surface area (Å²) in [4.78, 5) is 83.3. The van der Waals surface area contributed by atoms with E-state index in [1.807, 2.05) is 0 Å². The fraction of sp³-hybridized carbons (Fsp3) is 0.611. The molecular formula is C18H28N6O9. The molecule has 0 aromatic rings. The van der Waals surface area contributed by atoms with Gasteiger partial charge < -0.3 is 42.9 Å². The third kappa shape index (κ3) is 8.72. The predicted molar refractivity (Wildman–Crippen MR) is 109 cm³/mol. The molecule has 1 fully saturated rings. The molecule has 4 unspecified atom stereocenters. The van der Waals surface area contributed by atoms with Gasteiger partial charge in [0.05, 0.1) is 18.9 Å². The first kappa shape index (κ1) is 27.3.